The van der Waals surface area contributed by atoms with Gasteiger partial charge in [-0.15, -0.1) is 0 Å². The van der Waals surface area contributed by atoms with Crippen molar-refractivity contribution in [2.75, 3.05) is 0 Å². The van der Waals surface area contributed by atoms with Crippen molar-refractivity contribution in [3.05, 3.63) is 0 Å². The second kappa shape index (κ2) is 14.5. The van der Waals surface area contributed by atoms with Gasteiger partial charge in [0.2, 0.25) is 0 Å². The number of rotatable bonds is 18. The molecule has 164 valence electrons. The Balaban J connectivity index is 3.63. The van der Waals surface area contributed by atoms with Crippen LogP contribution in [0, 0.1) is 0 Å². The van der Waals surface area contributed by atoms with Crippen LogP contribution in [-0.4, -0.2) is 25.2 Å². The van der Waals surface area contributed by atoms with Crippen LogP contribution >= 0.6 is 0 Å². The van der Waals surface area contributed by atoms with Gasteiger partial charge in [0, 0.05) is 0 Å². The predicted molar refractivity (Wildman–Crippen MR) is 131 cm³/mol. The molecule has 0 aliphatic rings. The molecule has 0 fully saturated rings. The quantitative estimate of drug-likeness (QED) is 0.159. The zero-order valence-electron chi connectivity index (χ0n) is 20.2. The first-order valence-electron chi connectivity index (χ1n) is 11.9. The summed E-state index contributed by atoms with van der Waals surface area (Å²) in [5.74, 6) is 0. The van der Waals surface area contributed by atoms with E-state index < -0.39 is 25.2 Å². The maximum Gasteiger partial charge on any atom is 0.311 e. The maximum absolute atomic E-state index is 6.60. The normalized spacial score (nSPS) is 13.3. The third-order valence-electron chi connectivity index (χ3n) is 4.96. The molecule has 0 saturated carbocycles. The van der Waals surface area contributed by atoms with E-state index in [-0.39, 0.29) is 0 Å². The van der Waals surface area contributed by atoms with E-state index in [1.54, 1.807) is 0 Å². The summed E-state index contributed by atoms with van der Waals surface area (Å²) in [7, 11) is -5.04. The van der Waals surface area contributed by atoms with Crippen LogP contribution in [0.1, 0.15) is 90.4 Å². The summed E-state index contributed by atoms with van der Waals surface area (Å²) in [6.45, 7) is 18.4. The molecule has 5 heteroatoms. The van der Waals surface area contributed by atoms with Crippen molar-refractivity contribution >= 4 is 25.2 Å². The lowest BCUT2D eigenvalue weighted by molar-refractivity contribution is 0.390. The monoisotopic (exact) mass is 432 g/mol. The molecule has 0 N–H and O–H groups in total. The highest BCUT2D eigenvalue weighted by Crippen LogP contribution is 2.24. The van der Waals surface area contributed by atoms with E-state index in [9.17, 15) is 0 Å². The lowest BCUT2D eigenvalue weighted by atomic mass is 10.1. The maximum atomic E-state index is 6.60. The second-order valence-electron chi connectivity index (χ2n) is 10.5. The lowest BCUT2D eigenvalue weighted by Gasteiger charge is -2.37. The summed E-state index contributed by atoms with van der Waals surface area (Å²) in [6.07, 6.45) is 18.5. The molecule has 27 heavy (non-hydrogen) atoms. The number of hydrogen-bond acceptors (Lipinski definition) is 2. The minimum atomic E-state index is -1.96. The van der Waals surface area contributed by atoms with Crippen LogP contribution in [0.15, 0.2) is 0 Å². The fourth-order valence-electron chi connectivity index (χ4n) is 4.04. The molecule has 0 aliphatic heterocycles. The highest BCUT2D eigenvalue weighted by molar-refractivity contribution is 6.87. The van der Waals surface area contributed by atoms with E-state index in [0.717, 1.165) is 0 Å². The zero-order chi connectivity index (χ0) is 20.8. The molecule has 0 bridgehead atoms. The summed E-state index contributed by atoms with van der Waals surface area (Å²) in [4.78, 5) is 0. The van der Waals surface area contributed by atoms with Gasteiger partial charge in [-0.3, -0.25) is 0 Å². The molecule has 0 aliphatic carbocycles. The molecule has 0 aromatic carbocycles. The molecule has 0 amide bonds. The van der Waals surface area contributed by atoms with Crippen LogP contribution < -0.4 is 0 Å². The summed E-state index contributed by atoms with van der Waals surface area (Å²) in [5, 5.41) is 0. The van der Waals surface area contributed by atoms with Gasteiger partial charge >= 0.3 is 8.56 Å². The van der Waals surface area contributed by atoms with Gasteiger partial charge in [0.15, 0.2) is 16.6 Å². The van der Waals surface area contributed by atoms with Gasteiger partial charge in [0.25, 0.3) is 0 Å². The van der Waals surface area contributed by atoms with Crippen molar-refractivity contribution in [3.63, 3.8) is 0 Å². The standard InChI is InChI=1S/C22H52O2Si3/c1-9-10-11-12-13-14-15-16-17-18-19-20-21-22-26(5,6)24-27(7,8)23-25(2,3)4/h9-22H2,1-8H3. The fraction of sp³-hybridized carbons (Fsp3) is 1.00. The highest BCUT2D eigenvalue weighted by Gasteiger charge is 2.37. The van der Waals surface area contributed by atoms with E-state index >= 15 is 0 Å². The van der Waals surface area contributed by atoms with Crippen LogP contribution in [0.3, 0.4) is 0 Å². The molecule has 0 saturated heterocycles. The summed E-state index contributed by atoms with van der Waals surface area (Å²) < 4.78 is 13.0. The Kier molecular flexibility index (Phi) is 14.8. The van der Waals surface area contributed by atoms with Crippen molar-refractivity contribution in [1.82, 2.24) is 0 Å². The Morgan fingerprint density at radius 3 is 1.22 bits per heavy atom. The van der Waals surface area contributed by atoms with Crippen molar-refractivity contribution < 1.29 is 8.23 Å². The van der Waals surface area contributed by atoms with Gasteiger partial charge in [0.05, 0.1) is 0 Å². The first kappa shape index (κ1) is 27.6. The van der Waals surface area contributed by atoms with Crippen molar-refractivity contribution in [2.45, 2.75) is 142 Å². The summed E-state index contributed by atoms with van der Waals surface area (Å²) in [6, 6.07) is 1.29. The minimum absolute atomic E-state index is 1.29. The van der Waals surface area contributed by atoms with Crippen LogP contribution in [-0.2, 0) is 8.23 Å². The topological polar surface area (TPSA) is 18.5 Å². The van der Waals surface area contributed by atoms with Gasteiger partial charge in [-0.25, -0.2) is 0 Å². The van der Waals surface area contributed by atoms with Gasteiger partial charge in [-0.1, -0.05) is 90.4 Å². The summed E-state index contributed by atoms with van der Waals surface area (Å²) >= 11 is 0. The van der Waals surface area contributed by atoms with Gasteiger partial charge < -0.3 is 8.23 Å². The number of hydrogen-bond donors (Lipinski definition) is 0. The van der Waals surface area contributed by atoms with E-state index in [1.807, 2.05) is 0 Å². The van der Waals surface area contributed by atoms with Crippen LogP contribution in [0.2, 0.25) is 51.9 Å². The first-order chi connectivity index (χ1) is 12.5. The van der Waals surface area contributed by atoms with Crippen LogP contribution in [0.4, 0.5) is 0 Å². The SMILES string of the molecule is CCCCCCCCCCCCCCC[Si](C)(C)O[Si](C)(C)O[Si](C)(C)C. The molecule has 0 atom stereocenters. The molecule has 0 heterocycles. The molecular formula is C22H52O2Si3. The molecule has 0 rings (SSSR count). The molecule has 0 spiro atoms. The Morgan fingerprint density at radius 2 is 0.852 bits per heavy atom. The third-order valence-corrected chi connectivity index (χ3v) is 15.1. The third kappa shape index (κ3) is 19.7. The zero-order valence-corrected chi connectivity index (χ0v) is 23.2. The van der Waals surface area contributed by atoms with E-state index in [1.165, 1.54) is 89.5 Å². The van der Waals surface area contributed by atoms with Crippen molar-refractivity contribution in [3.8, 4) is 0 Å². The van der Waals surface area contributed by atoms with E-state index in [0.29, 0.717) is 0 Å². The number of unbranched alkanes of at least 4 members (excludes halogenated alkanes) is 12. The minimum Gasteiger partial charge on any atom is -0.437 e. The fourth-order valence-corrected chi connectivity index (χ4v) is 17.3. The van der Waals surface area contributed by atoms with Gasteiger partial charge in [0.1, 0.15) is 0 Å². The van der Waals surface area contributed by atoms with Gasteiger partial charge in [-0.05, 0) is 51.9 Å². The Labute approximate surface area is 175 Å². The average Bonchev–Trinajstić information content (AvgIpc) is 2.48. The smallest absolute Gasteiger partial charge is 0.311 e. The molecule has 0 radical (unpaired) electrons. The van der Waals surface area contributed by atoms with Gasteiger partial charge in [-0.2, -0.15) is 0 Å². The van der Waals surface area contributed by atoms with Crippen LogP contribution in [0.5, 0.6) is 0 Å². The Morgan fingerprint density at radius 1 is 0.481 bits per heavy atom. The van der Waals surface area contributed by atoms with E-state index in [4.69, 9.17) is 8.23 Å². The molecule has 0 aromatic heterocycles. The largest absolute Gasteiger partial charge is 0.437 e. The summed E-state index contributed by atoms with van der Waals surface area (Å²) in [5.41, 5.74) is 0. The molecule has 0 aromatic rings. The second-order valence-corrected chi connectivity index (χ2v) is 23.1. The average molecular weight is 433 g/mol. The lowest BCUT2D eigenvalue weighted by Crippen LogP contribution is -2.51. The van der Waals surface area contributed by atoms with E-state index in [2.05, 4.69) is 52.8 Å². The predicted octanol–water partition coefficient (Wildman–Crippen LogP) is 8.85. The highest BCUT2D eigenvalue weighted by atomic mass is 28.5. The molecule has 2 nitrogen and oxygen atoms in total. The van der Waals surface area contributed by atoms with Crippen LogP contribution in [0.25, 0.3) is 0 Å². The molecule has 0 unspecified atom stereocenters. The Hall–Kier alpha value is 0.571. The first-order valence-corrected chi connectivity index (χ1v) is 21.2. The van der Waals surface area contributed by atoms with Crippen molar-refractivity contribution in [1.29, 1.82) is 0 Å². The van der Waals surface area contributed by atoms with Crippen molar-refractivity contribution in [2.24, 2.45) is 0 Å². The molecular weight excluding hydrogens is 380 g/mol. The Bertz CT molecular complexity index is 352.